The number of carbonyl (C=O) groups is 6. The van der Waals surface area contributed by atoms with E-state index in [0.717, 1.165) is 24.7 Å². The maximum atomic E-state index is 16.8. The van der Waals surface area contributed by atoms with Crippen LogP contribution in [0.2, 0.25) is 0 Å². The summed E-state index contributed by atoms with van der Waals surface area (Å²) in [6, 6.07) is 32.3. The van der Waals surface area contributed by atoms with E-state index in [1.54, 1.807) is 41.3 Å². The minimum atomic E-state index is -2.20. The van der Waals surface area contributed by atoms with Crippen LogP contribution in [0.4, 0.5) is 10.5 Å². The number of hydrogen-bond donors (Lipinski definition) is 1. The first-order chi connectivity index (χ1) is 38.0. The summed E-state index contributed by atoms with van der Waals surface area (Å²) in [6.45, 7) is 1.15. The number of para-hydroxylation sites is 1. The lowest BCUT2D eigenvalue weighted by Crippen LogP contribution is -2.59. The van der Waals surface area contributed by atoms with E-state index in [2.05, 4.69) is 16.7 Å². The largest absolute Gasteiger partial charge is 0.491 e. The Labute approximate surface area is 450 Å². The van der Waals surface area contributed by atoms with Gasteiger partial charge in [0.25, 0.3) is 0 Å². The number of rotatable bonds is 15. The molecule has 5 heterocycles. The molecule has 78 heavy (non-hydrogen) atoms. The molecule has 19 heteroatoms. The molecular formula is C59H58N4O15. The van der Waals surface area contributed by atoms with Gasteiger partial charge in [-0.05, 0) is 58.7 Å². The maximum absolute atomic E-state index is 16.8. The van der Waals surface area contributed by atoms with Crippen molar-refractivity contribution in [2.24, 2.45) is 11.8 Å². The summed E-state index contributed by atoms with van der Waals surface area (Å²) in [7, 11) is 3.73. The molecule has 3 saturated heterocycles. The fourth-order valence-corrected chi connectivity index (χ4v) is 11.6. The zero-order valence-corrected chi connectivity index (χ0v) is 43.2. The molecule has 19 nitrogen and oxygen atoms in total. The quantitative estimate of drug-likeness (QED) is 0.0465. The number of fused-ring (bicyclic) bond motifs is 4. The second-order valence-electron chi connectivity index (χ2n) is 19.2. The Morgan fingerprint density at radius 1 is 0.756 bits per heavy atom. The van der Waals surface area contributed by atoms with Gasteiger partial charge in [0.2, 0.25) is 18.6 Å². The molecule has 5 aliphatic rings. The van der Waals surface area contributed by atoms with E-state index >= 15 is 14.4 Å². The summed E-state index contributed by atoms with van der Waals surface area (Å²) in [5.41, 5.74) is 0.966. The third-order valence-electron chi connectivity index (χ3n) is 15.0. The van der Waals surface area contributed by atoms with Gasteiger partial charge < -0.3 is 47.9 Å². The van der Waals surface area contributed by atoms with Gasteiger partial charge in [-0.25, -0.2) is 9.69 Å². The molecule has 5 aliphatic heterocycles. The molecule has 1 spiro atoms. The van der Waals surface area contributed by atoms with Crippen LogP contribution >= 0.6 is 0 Å². The van der Waals surface area contributed by atoms with Crippen molar-refractivity contribution in [2.45, 2.75) is 42.6 Å². The van der Waals surface area contributed by atoms with Gasteiger partial charge in [0.15, 0.2) is 17.4 Å². The van der Waals surface area contributed by atoms with Gasteiger partial charge in [0, 0.05) is 57.4 Å². The van der Waals surface area contributed by atoms with E-state index in [-0.39, 0.29) is 75.3 Å². The highest BCUT2D eigenvalue weighted by Gasteiger charge is 2.76. The maximum Gasteiger partial charge on any atom is 0.421 e. The van der Waals surface area contributed by atoms with Crippen molar-refractivity contribution in [1.82, 2.24) is 14.7 Å². The summed E-state index contributed by atoms with van der Waals surface area (Å²) in [5, 5.41) is 10.2. The van der Waals surface area contributed by atoms with Crippen molar-refractivity contribution in [1.29, 1.82) is 0 Å². The van der Waals surface area contributed by atoms with Crippen LogP contribution in [-0.2, 0) is 59.6 Å². The van der Waals surface area contributed by atoms with Crippen LogP contribution in [0.5, 0.6) is 17.2 Å². The van der Waals surface area contributed by atoms with Crippen molar-refractivity contribution < 1.29 is 71.8 Å². The summed E-state index contributed by atoms with van der Waals surface area (Å²) in [4.78, 5) is 95.9. The Kier molecular flexibility index (Phi) is 15.8. The van der Waals surface area contributed by atoms with Gasteiger partial charge in [0.05, 0.1) is 51.1 Å². The number of cyclic esters (lactones) is 1. The van der Waals surface area contributed by atoms with Crippen LogP contribution in [0.15, 0.2) is 121 Å². The molecule has 404 valence electrons. The molecule has 0 radical (unpaired) electrons. The smallest absolute Gasteiger partial charge is 0.421 e. The van der Waals surface area contributed by atoms with Gasteiger partial charge in [-0.3, -0.25) is 33.8 Å². The topological polar surface area (TPSA) is 209 Å². The monoisotopic (exact) mass is 1060 g/mol. The molecule has 3 amide bonds. The van der Waals surface area contributed by atoms with E-state index in [9.17, 15) is 19.5 Å². The highest BCUT2D eigenvalue weighted by Crippen LogP contribution is 2.67. The molecule has 0 bridgehead atoms. The summed E-state index contributed by atoms with van der Waals surface area (Å²) < 4.78 is 44.9. The number of anilines is 1. The highest BCUT2D eigenvalue weighted by molar-refractivity contribution is 6.23. The van der Waals surface area contributed by atoms with Crippen LogP contribution in [0, 0.1) is 23.7 Å². The van der Waals surface area contributed by atoms with Crippen LogP contribution in [0.3, 0.4) is 0 Å². The van der Waals surface area contributed by atoms with Gasteiger partial charge in [-0.2, -0.15) is 0 Å². The van der Waals surface area contributed by atoms with Gasteiger partial charge >= 0.3 is 24.0 Å². The van der Waals surface area contributed by atoms with E-state index in [4.69, 9.17) is 37.9 Å². The number of carbonyl (C=O) groups excluding carboxylic acids is 6. The van der Waals surface area contributed by atoms with Crippen molar-refractivity contribution in [3.63, 3.8) is 0 Å². The Morgan fingerprint density at radius 2 is 1.45 bits per heavy atom. The van der Waals surface area contributed by atoms with E-state index in [1.807, 2.05) is 83.8 Å². The molecule has 5 aromatic carbocycles. The van der Waals surface area contributed by atoms with Crippen molar-refractivity contribution >= 4 is 41.5 Å². The number of aliphatic hydroxyl groups excluding tert-OH is 1. The fourth-order valence-electron chi connectivity index (χ4n) is 11.6. The lowest BCUT2D eigenvalue weighted by atomic mass is 9.64. The zero-order chi connectivity index (χ0) is 54.5. The number of esters is 3. The first-order valence-corrected chi connectivity index (χ1v) is 25.6. The molecule has 6 atom stereocenters. The van der Waals surface area contributed by atoms with Crippen LogP contribution in [0.25, 0.3) is 0 Å². The Balaban J connectivity index is 1.20. The lowest BCUT2D eigenvalue weighted by molar-refractivity contribution is -0.179. The minimum absolute atomic E-state index is 0.000285. The number of morpholine rings is 1. The lowest BCUT2D eigenvalue weighted by Gasteiger charge is -2.46. The average Bonchev–Trinajstić information content (AvgIpc) is 3.14. The van der Waals surface area contributed by atoms with Crippen molar-refractivity contribution in [2.75, 3.05) is 85.6 Å². The fraction of sp³-hybridized carbons (Fsp3) is 0.356. The van der Waals surface area contributed by atoms with Crippen LogP contribution in [-0.4, -0.2) is 142 Å². The summed E-state index contributed by atoms with van der Waals surface area (Å²) >= 11 is 0. The Morgan fingerprint density at radius 3 is 2.15 bits per heavy atom. The number of nitrogens with zero attached hydrogens (tertiary/aromatic N) is 4. The molecule has 0 unspecified atom stereocenters. The second kappa shape index (κ2) is 23.1. The number of hydrogen-bond acceptors (Lipinski definition) is 17. The predicted octanol–water partition coefficient (Wildman–Crippen LogP) is 5.28. The summed E-state index contributed by atoms with van der Waals surface area (Å²) in [5.74, 6) is 0.611. The third-order valence-corrected chi connectivity index (χ3v) is 15.0. The van der Waals surface area contributed by atoms with Crippen molar-refractivity contribution in [3.8, 4) is 29.1 Å². The molecular weight excluding hydrogens is 1000 g/mol. The summed E-state index contributed by atoms with van der Waals surface area (Å²) in [6.07, 6.45) is -2.37. The second-order valence-corrected chi connectivity index (χ2v) is 19.2. The number of benzene rings is 5. The number of piperazine rings is 1. The predicted molar refractivity (Wildman–Crippen MR) is 278 cm³/mol. The number of aliphatic hydroxyl groups is 1. The Hall–Kier alpha value is -8.28. The highest BCUT2D eigenvalue weighted by atomic mass is 16.7. The molecule has 0 saturated carbocycles. The number of ether oxygens (including phenoxy) is 8. The third kappa shape index (κ3) is 9.76. The SMILES string of the molecule is COCCOC(=O)N1C(=O)[C@@]2(c3cc(C#CCC(C(=O)OC)C(=O)OC)ccc31)[C@H](c1ccccc1OCCO)N1[C@H](c3ccccc3)[C@H](c3ccccc3)OC(=O)[C@H]1[C@@H]2C(=O)N1CCN(Cc2ccc3c(c2)OCO3)CC1. The van der Waals surface area contributed by atoms with Gasteiger partial charge in [-0.1, -0.05) is 96.8 Å². The normalized spacial score (nSPS) is 22.3. The van der Waals surface area contributed by atoms with Crippen molar-refractivity contribution in [3.05, 3.63) is 155 Å². The number of amides is 3. The number of imide groups is 1. The van der Waals surface area contributed by atoms with E-state index in [1.165, 1.54) is 13.2 Å². The minimum Gasteiger partial charge on any atom is -0.491 e. The van der Waals surface area contributed by atoms with Gasteiger partial charge in [-0.15, -0.1) is 0 Å². The zero-order valence-electron chi connectivity index (χ0n) is 43.2. The molecule has 1 N–H and O–H groups in total. The average molecular weight is 1060 g/mol. The molecule has 0 aromatic heterocycles. The first kappa shape index (κ1) is 53.1. The molecule has 0 aliphatic carbocycles. The van der Waals surface area contributed by atoms with E-state index < -0.39 is 77.3 Å². The van der Waals surface area contributed by atoms with E-state index in [0.29, 0.717) is 47.8 Å². The van der Waals surface area contributed by atoms with Gasteiger partial charge in [0.1, 0.15) is 36.5 Å². The Bertz CT molecular complexity index is 3120. The molecule has 5 aromatic rings. The molecule has 10 rings (SSSR count). The molecule has 3 fully saturated rings. The number of methoxy groups -OCH3 is 3. The standard InChI is InChI=1S/C59H58N4O15/c1-71-31-32-75-58(70)62-44-23-21-37(13-12-19-42(54(66)72-2)55(67)73-3)33-43(44)59(57(62)69)48(53(65)61-27-25-60(26-28-61)35-38-22-24-46-47(34-38)77-36-76-46)50-56(68)78-51(40-16-8-5-9-17-40)49(39-14-6-4-7-15-39)63(50)52(59)41-18-10-11-20-45(41)74-30-29-64/h4-11,14-18,20-24,33-34,42,48-52,64H,19,25-32,35-36H2,1-3H3/t48-,49-,50-,51+,52+,59-/m1/s1. The van der Waals surface area contributed by atoms with Crippen LogP contribution in [0.1, 0.15) is 58.0 Å². The van der Waals surface area contributed by atoms with Crippen LogP contribution < -0.4 is 19.1 Å². The first-order valence-electron chi connectivity index (χ1n) is 25.6.